The van der Waals surface area contributed by atoms with Crippen LogP contribution in [0.25, 0.3) is 0 Å². The van der Waals surface area contributed by atoms with Crippen molar-refractivity contribution in [1.29, 1.82) is 0 Å². The normalized spacial score (nSPS) is 12.8. The predicted octanol–water partition coefficient (Wildman–Crippen LogP) is 3.93. The minimum Gasteiger partial charge on any atom is -0.489 e. The molecule has 1 aliphatic rings. The number of amides is 1. The number of anilines is 1. The fraction of sp³-hybridized carbons (Fsp3) is 0.263. The van der Waals surface area contributed by atoms with Gasteiger partial charge < -0.3 is 19.5 Å². The number of halogens is 1. The summed E-state index contributed by atoms with van der Waals surface area (Å²) < 4.78 is 16.1. The largest absolute Gasteiger partial charge is 0.489 e. The van der Waals surface area contributed by atoms with Crippen LogP contribution in [0.4, 0.5) is 5.69 Å². The van der Waals surface area contributed by atoms with E-state index in [0.29, 0.717) is 46.5 Å². The second-order valence-corrected chi connectivity index (χ2v) is 6.00. The van der Waals surface area contributed by atoms with Crippen LogP contribution in [0.2, 0.25) is 5.02 Å². The Kier molecular flexibility index (Phi) is 5.63. The summed E-state index contributed by atoms with van der Waals surface area (Å²) in [6, 6.07) is 9.66. The zero-order valence-electron chi connectivity index (χ0n) is 14.2. The highest BCUT2D eigenvalue weighted by Crippen LogP contribution is 2.38. The fourth-order valence-corrected chi connectivity index (χ4v) is 2.77. The second kappa shape index (κ2) is 8.10. The Balaban J connectivity index is 1.80. The molecular formula is C19H18ClNO5. The highest BCUT2D eigenvalue weighted by atomic mass is 35.5. The van der Waals surface area contributed by atoms with Gasteiger partial charge in [-0.1, -0.05) is 17.7 Å². The zero-order chi connectivity index (χ0) is 18.5. The van der Waals surface area contributed by atoms with Gasteiger partial charge in [0.25, 0.3) is 5.91 Å². The second-order valence-electron chi connectivity index (χ2n) is 5.59. The van der Waals surface area contributed by atoms with E-state index >= 15 is 0 Å². The lowest BCUT2D eigenvalue weighted by atomic mass is 10.1. The van der Waals surface area contributed by atoms with Crippen LogP contribution in [0.15, 0.2) is 36.4 Å². The molecule has 0 aromatic heterocycles. The van der Waals surface area contributed by atoms with Gasteiger partial charge in [-0.3, -0.25) is 4.79 Å². The molecule has 0 unspecified atom stereocenters. The molecule has 0 aliphatic carbocycles. The Morgan fingerprint density at radius 3 is 2.77 bits per heavy atom. The molecule has 0 saturated carbocycles. The molecule has 1 N–H and O–H groups in total. The van der Waals surface area contributed by atoms with Crippen molar-refractivity contribution >= 4 is 29.2 Å². The first-order valence-electron chi connectivity index (χ1n) is 8.26. The summed E-state index contributed by atoms with van der Waals surface area (Å²) in [7, 11) is 0. The van der Waals surface area contributed by atoms with Crippen molar-refractivity contribution in [2.24, 2.45) is 0 Å². The molecule has 0 saturated heterocycles. The molecule has 0 radical (unpaired) electrons. The summed E-state index contributed by atoms with van der Waals surface area (Å²) >= 11 is 6.22. The third-order valence-corrected chi connectivity index (χ3v) is 3.98. The molecule has 1 amide bonds. The average Bonchev–Trinajstić information content (AvgIpc) is 2.88. The molecular weight excluding hydrogens is 358 g/mol. The highest BCUT2D eigenvalue weighted by molar-refractivity contribution is 6.32. The molecule has 2 aromatic rings. The van der Waals surface area contributed by atoms with Gasteiger partial charge in [-0.2, -0.15) is 0 Å². The van der Waals surface area contributed by atoms with Gasteiger partial charge in [-0.25, -0.2) is 4.79 Å². The minimum absolute atomic E-state index is 0.283. The lowest BCUT2D eigenvalue weighted by Gasteiger charge is -2.12. The van der Waals surface area contributed by atoms with Gasteiger partial charge in [0.15, 0.2) is 11.5 Å². The Hall–Kier alpha value is -2.73. The first kappa shape index (κ1) is 18.1. The topological polar surface area (TPSA) is 73.9 Å². The summed E-state index contributed by atoms with van der Waals surface area (Å²) in [5.74, 6) is 0.0798. The van der Waals surface area contributed by atoms with Gasteiger partial charge in [-0.15, -0.1) is 0 Å². The molecule has 26 heavy (non-hydrogen) atoms. The van der Waals surface area contributed by atoms with Crippen molar-refractivity contribution in [2.75, 3.05) is 25.1 Å². The van der Waals surface area contributed by atoms with Gasteiger partial charge in [0.2, 0.25) is 0 Å². The van der Waals surface area contributed by atoms with Crippen molar-refractivity contribution in [3.05, 3.63) is 52.5 Å². The number of esters is 1. The smallest absolute Gasteiger partial charge is 0.338 e. The summed E-state index contributed by atoms with van der Waals surface area (Å²) in [6.07, 6.45) is 0.743. The van der Waals surface area contributed by atoms with Crippen molar-refractivity contribution in [1.82, 2.24) is 0 Å². The molecule has 0 bridgehead atoms. The summed E-state index contributed by atoms with van der Waals surface area (Å²) in [5.41, 5.74) is 1.17. The van der Waals surface area contributed by atoms with E-state index in [1.54, 1.807) is 37.3 Å². The van der Waals surface area contributed by atoms with E-state index in [0.717, 1.165) is 6.42 Å². The predicted molar refractivity (Wildman–Crippen MR) is 97.4 cm³/mol. The van der Waals surface area contributed by atoms with Crippen LogP contribution in [0.5, 0.6) is 11.5 Å². The SMILES string of the molecule is CCOC(=O)c1cccc(NC(=O)c2cc(Cl)c3c(c2)OCCCO3)c1. The Morgan fingerprint density at radius 2 is 1.96 bits per heavy atom. The summed E-state index contributed by atoms with van der Waals surface area (Å²) in [5, 5.41) is 3.06. The van der Waals surface area contributed by atoms with E-state index in [1.807, 2.05) is 0 Å². The van der Waals surface area contributed by atoms with E-state index in [4.69, 9.17) is 25.8 Å². The third-order valence-electron chi connectivity index (χ3n) is 3.70. The molecule has 7 heteroatoms. The number of fused-ring (bicyclic) bond motifs is 1. The lowest BCUT2D eigenvalue weighted by Crippen LogP contribution is -2.13. The van der Waals surface area contributed by atoms with E-state index in [-0.39, 0.29) is 12.5 Å². The number of hydrogen-bond acceptors (Lipinski definition) is 5. The number of benzene rings is 2. The van der Waals surface area contributed by atoms with Gasteiger partial charge in [0.1, 0.15) is 0 Å². The number of carbonyl (C=O) groups is 2. The van der Waals surface area contributed by atoms with Crippen LogP contribution in [0, 0.1) is 0 Å². The maximum absolute atomic E-state index is 12.6. The zero-order valence-corrected chi connectivity index (χ0v) is 15.0. The van der Waals surface area contributed by atoms with Crippen molar-refractivity contribution in [3.63, 3.8) is 0 Å². The first-order chi connectivity index (χ1) is 12.6. The molecule has 1 aliphatic heterocycles. The van der Waals surface area contributed by atoms with Crippen LogP contribution in [-0.4, -0.2) is 31.7 Å². The third kappa shape index (κ3) is 4.08. The molecule has 136 valence electrons. The van der Waals surface area contributed by atoms with E-state index in [9.17, 15) is 9.59 Å². The highest BCUT2D eigenvalue weighted by Gasteiger charge is 2.19. The molecule has 0 fully saturated rings. The van der Waals surface area contributed by atoms with Crippen LogP contribution in [-0.2, 0) is 4.74 Å². The van der Waals surface area contributed by atoms with Crippen LogP contribution < -0.4 is 14.8 Å². The molecule has 1 heterocycles. The van der Waals surface area contributed by atoms with Gasteiger partial charge in [0.05, 0.1) is 30.4 Å². The molecule has 3 rings (SSSR count). The molecule has 2 aromatic carbocycles. The van der Waals surface area contributed by atoms with Crippen LogP contribution in [0.3, 0.4) is 0 Å². The van der Waals surface area contributed by atoms with Crippen molar-refractivity contribution in [2.45, 2.75) is 13.3 Å². The fourth-order valence-electron chi connectivity index (χ4n) is 2.50. The lowest BCUT2D eigenvalue weighted by molar-refractivity contribution is 0.0526. The Bertz CT molecular complexity index is 837. The van der Waals surface area contributed by atoms with Crippen molar-refractivity contribution in [3.8, 4) is 11.5 Å². The summed E-state index contributed by atoms with van der Waals surface area (Å²) in [4.78, 5) is 24.4. The first-order valence-corrected chi connectivity index (χ1v) is 8.64. The van der Waals surface area contributed by atoms with Gasteiger partial charge in [-0.05, 0) is 37.3 Å². The minimum atomic E-state index is -0.442. The quantitative estimate of drug-likeness (QED) is 0.819. The maximum atomic E-state index is 12.6. The number of rotatable bonds is 4. The van der Waals surface area contributed by atoms with E-state index in [2.05, 4.69) is 5.32 Å². The molecule has 0 atom stereocenters. The number of hydrogen-bond donors (Lipinski definition) is 1. The number of carbonyl (C=O) groups excluding carboxylic acids is 2. The van der Waals surface area contributed by atoms with Crippen molar-refractivity contribution < 1.29 is 23.8 Å². The summed E-state index contributed by atoms with van der Waals surface area (Å²) in [6.45, 7) is 3.03. The Labute approximate surface area is 156 Å². The van der Waals surface area contributed by atoms with Gasteiger partial charge >= 0.3 is 5.97 Å². The number of nitrogens with one attached hydrogen (secondary N) is 1. The monoisotopic (exact) mass is 375 g/mol. The average molecular weight is 376 g/mol. The molecule has 6 nitrogen and oxygen atoms in total. The van der Waals surface area contributed by atoms with Crippen LogP contribution in [0.1, 0.15) is 34.1 Å². The van der Waals surface area contributed by atoms with Crippen LogP contribution >= 0.6 is 11.6 Å². The molecule has 0 spiro atoms. The Morgan fingerprint density at radius 1 is 1.15 bits per heavy atom. The maximum Gasteiger partial charge on any atom is 0.338 e. The van der Waals surface area contributed by atoms with E-state index in [1.165, 1.54) is 6.07 Å². The number of ether oxygens (including phenoxy) is 3. The van der Waals surface area contributed by atoms with Gasteiger partial charge in [0, 0.05) is 17.7 Å². The standard InChI is InChI=1S/C19H18ClNO5/c1-2-24-19(23)12-5-3-6-14(9-12)21-18(22)13-10-15(20)17-16(11-13)25-7-4-8-26-17/h3,5-6,9-11H,2,4,7-8H2,1H3,(H,21,22). The van der Waals surface area contributed by atoms with E-state index < -0.39 is 5.97 Å².